The minimum atomic E-state index is 0.415. The van der Waals surface area contributed by atoms with E-state index in [9.17, 15) is 0 Å². The van der Waals surface area contributed by atoms with E-state index in [1.54, 1.807) is 7.11 Å². The highest BCUT2D eigenvalue weighted by Gasteiger charge is 2.66. The highest BCUT2D eigenvalue weighted by Crippen LogP contribution is 2.72. The molecule has 0 bridgehead atoms. The van der Waals surface area contributed by atoms with Gasteiger partial charge in [0.1, 0.15) is 0 Å². The molecule has 1 heteroatoms. The zero-order valence-corrected chi connectivity index (χ0v) is 10.9. The fourth-order valence-corrected chi connectivity index (χ4v) is 3.38. The van der Waals surface area contributed by atoms with Gasteiger partial charge in [0.05, 0.1) is 0 Å². The van der Waals surface area contributed by atoms with Crippen LogP contribution in [0.25, 0.3) is 0 Å². The standard InChI is InChI=1S/C13H26O/c1-10-11(2,3)12(4,5)13(10,6)8-9-14-7/h10H,8-9H2,1-7H3. The molecule has 0 N–H and O–H groups in total. The summed E-state index contributed by atoms with van der Waals surface area (Å²) in [4.78, 5) is 0. The molecule has 2 unspecified atom stereocenters. The summed E-state index contributed by atoms with van der Waals surface area (Å²) in [5.41, 5.74) is 1.31. The Kier molecular flexibility index (Phi) is 2.78. The Hall–Kier alpha value is -0.0400. The Morgan fingerprint density at radius 1 is 1.07 bits per heavy atom. The van der Waals surface area contributed by atoms with Crippen molar-refractivity contribution in [2.75, 3.05) is 13.7 Å². The average molecular weight is 198 g/mol. The number of ether oxygens (including phenoxy) is 1. The van der Waals surface area contributed by atoms with Crippen LogP contribution in [-0.2, 0) is 4.74 Å². The average Bonchev–Trinajstić information content (AvgIpc) is 2.11. The van der Waals surface area contributed by atoms with Crippen LogP contribution in [0.4, 0.5) is 0 Å². The van der Waals surface area contributed by atoms with Gasteiger partial charge in [-0.25, -0.2) is 0 Å². The van der Waals surface area contributed by atoms with Crippen molar-refractivity contribution in [3.8, 4) is 0 Å². The molecule has 0 spiro atoms. The van der Waals surface area contributed by atoms with Gasteiger partial charge in [-0.05, 0) is 28.6 Å². The summed E-state index contributed by atoms with van der Waals surface area (Å²) in [7, 11) is 1.80. The van der Waals surface area contributed by atoms with E-state index in [4.69, 9.17) is 4.74 Å². The van der Waals surface area contributed by atoms with Gasteiger partial charge >= 0.3 is 0 Å². The van der Waals surface area contributed by atoms with Gasteiger partial charge in [0.2, 0.25) is 0 Å². The summed E-state index contributed by atoms with van der Waals surface area (Å²) < 4.78 is 5.22. The monoisotopic (exact) mass is 198 g/mol. The van der Waals surface area contributed by atoms with E-state index in [0.29, 0.717) is 16.2 Å². The molecule has 0 radical (unpaired) electrons. The SMILES string of the molecule is COCCC1(C)C(C)C(C)(C)C1(C)C. The van der Waals surface area contributed by atoms with Gasteiger partial charge in [0.15, 0.2) is 0 Å². The molecule has 0 aromatic carbocycles. The van der Waals surface area contributed by atoms with Crippen molar-refractivity contribution in [1.82, 2.24) is 0 Å². The molecular weight excluding hydrogens is 172 g/mol. The Morgan fingerprint density at radius 2 is 1.57 bits per heavy atom. The van der Waals surface area contributed by atoms with Crippen LogP contribution in [0.3, 0.4) is 0 Å². The molecule has 1 saturated carbocycles. The summed E-state index contributed by atoms with van der Waals surface area (Å²) >= 11 is 0. The molecule has 84 valence electrons. The lowest BCUT2D eigenvalue weighted by molar-refractivity contribution is -0.236. The van der Waals surface area contributed by atoms with Gasteiger partial charge in [0.25, 0.3) is 0 Å². The summed E-state index contributed by atoms with van der Waals surface area (Å²) in [6, 6.07) is 0. The topological polar surface area (TPSA) is 9.23 Å². The van der Waals surface area contributed by atoms with E-state index in [1.807, 2.05) is 0 Å². The van der Waals surface area contributed by atoms with Gasteiger partial charge in [-0.1, -0.05) is 41.5 Å². The van der Waals surface area contributed by atoms with E-state index in [2.05, 4.69) is 41.5 Å². The van der Waals surface area contributed by atoms with Crippen LogP contribution in [-0.4, -0.2) is 13.7 Å². The largest absolute Gasteiger partial charge is 0.385 e. The van der Waals surface area contributed by atoms with E-state index < -0.39 is 0 Å². The molecule has 0 aromatic heterocycles. The molecule has 2 atom stereocenters. The van der Waals surface area contributed by atoms with Crippen molar-refractivity contribution < 1.29 is 4.74 Å². The molecule has 1 aliphatic rings. The number of hydrogen-bond donors (Lipinski definition) is 0. The zero-order valence-electron chi connectivity index (χ0n) is 10.9. The molecule has 1 aliphatic carbocycles. The molecular formula is C13H26O. The first-order valence-corrected chi connectivity index (χ1v) is 5.71. The summed E-state index contributed by atoms with van der Waals surface area (Å²) in [6.45, 7) is 15.3. The predicted octanol–water partition coefficient (Wildman–Crippen LogP) is 3.73. The zero-order chi connectivity index (χ0) is 11.2. The summed E-state index contributed by atoms with van der Waals surface area (Å²) in [6.07, 6.45) is 1.18. The second-order valence-corrected chi connectivity index (χ2v) is 6.23. The lowest BCUT2D eigenvalue weighted by atomic mass is 9.33. The third-order valence-electron chi connectivity index (χ3n) is 5.90. The van der Waals surface area contributed by atoms with Gasteiger partial charge in [-0.3, -0.25) is 0 Å². The number of methoxy groups -OCH3 is 1. The molecule has 0 aromatic rings. The van der Waals surface area contributed by atoms with Crippen LogP contribution in [0.2, 0.25) is 0 Å². The van der Waals surface area contributed by atoms with Crippen LogP contribution >= 0.6 is 0 Å². The van der Waals surface area contributed by atoms with E-state index in [-0.39, 0.29) is 0 Å². The van der Waals surface area contributed by atoms with Crippen molar-refractivity contribution in [1.29, 1.82) is 0 Å². The van der Waals surface area contributed by atoms with Crippen LogP contribution in [0, 0.1) is 22.2 Å². The van der Waals surface area contributed by atoms with E-state index >= 15 is 0 Å². The second kappa shape index (κ2) is 3.23. The maximum atomic E-state index is 5.22. The van der Waals surface area contributed by atoms with Crippen molar-refractivity contribution in [3.05, 3.63) is 0 Å². The fraction of sp³-hybridized carbons (Fsp3) is 1.00. The molecule has 0 aliphatic heterocycles. The smallest absolute Gasteiger partial charge is 0.0467 e. The molecule has 14 heavy (non-hydrogen) atoms. The summed E-state index contributed by atoms with van der Waals surface area (Å²) in [5.74, 6) is 0.778. The molecule has 1 rings (SSSR count). The number of hydrogen-bond acceptors (Lipinski definition) is 1. The minimum absolute atomic E-state index is 0.415. The van der Waals surface area contributed by atoms with E-state index in [0.717, 1.165) is 12.5 Å². The predicted molar refractivity (Wildman–Crippen MR) is 61.3 cm³/mol. The van der Waals surface area contributed by atoms with Crippen molar-refractivity contribution in [2.24, 2.45) is 22.2 Å². The lowest BCUT2D eigenvalue weighted by Gasteiger charge is -2.71. The number of rotatable bonds is 3. The highest BCUT2D eigenvalue weighted by atomic mass is 16.5. The van der Waals surface area contributed by atoms with E-state index in [1.165, 1.54) is 6.42 Å². The van der Waals surface area contributed by atoms with Gasteiger partial charge in [-0.15, -0.1) is 0 Å². The molecule has 0 heterocycles. The Bertz CT molecular complexity index is 217. The minimum Gasteiger partial charge on any atom is -0.385 e. The van der Waals surface area contributed by atoms with Crippen molar-refractivity contribution >= 4 is 0 Å². The third kappa shape index (κ3) is 1.18. The normalized spacial score (nSPS) is 39.2. The van der Waals surface area contributed by atoms with Gasteiger partial charge in [0, 0.05) is 13.7 Å². The maximum absolute atomic E-state index is 5.22. The highest BCUT2D eigenvalue weighted by molar-refractivity contribution is 5.14. The fourth-order valence-electron chi connectivity index (χ4n) is 3.38. The molecule has 0 amide bonds. The Morgan fingerprint density at radius 3 is 1.93 bits per heavy atom. The molecule has 1 nitrogen and oxygen atoms in total. The molecule has 1 fully saturated rings. The van der Waals surface area contributed by atoms with Crippen LogP contribution in [0.15, 0.2) is 0 Å². The first kappa shape index (κ1) is 12.0. The Labute approximate surface area is 89.2 Å². The van der Waals surface area contributed by atoms with Crippen LogP contribution < -0.4 is 0 Å². The van der Waals surface area contributed by atoms with Crippen LogP contribution in [0.5, 0.6) is 0 Å². The van der Waals surface area contributed by atoms with Crippen molar-refractivity contribution in [3.63, 3.8) is 0 Å². The van der Waals surface area contributed by atoms with Gasteiger partial charge < -0.3 is 4.74 Å². The summed E-state index contributed by atoms with van der Waals surface area (Å²) in [5, 5.41) is 0. The quantitative estimate of drug-likeness (QED) is 0.671. The van der Waals surface area contributed by atoms with Crippen molar-refractivity contribution in [2.45, 2.75) is 48.0 Å². The van der Waals surface area contributed by atoms with Crippen LogP contribution in [0.1, 0.15) is 48.0 Å². The Balaban J connectivity index is 2.82. The second-order valence-electron chi connectivity index (χ2n) is 6.23. The third-order valence-corrected chi connectivity index (χ3v) is 5.90. The first-order chi connectivity index (χ1) is 6.22. The lowest BCUT2D eigenvalue weighted by Crippen LogP contribution is -2.65. The first-order valence-electron chi connectivity index (χ1n) is 5.71. The maximum Gasteiger partial charge on any atom is 0.0467 e. The molecule has 0 saturated heterocycles. The van der Waals surface area contributed by atoms with Gasteiger partial charge in [-0.2, -0.15) is 0 Å².